The quantitative estimate of drug-likeness (QED) is 0.105. The molecule has 0 saturated carbocycles. The third-order valence-electron chi connectivity index (χ3n) is 9.18. The number of hydrogen-bond donors (Lipinski definition) is 9. The SMILES string of the molecule is O=C(CCCCCO[C@@H]1OC(CO)[C@@H](O[C@@H]2OC(CO)[C@H](O)C(O)[C@@H]2O)C(O)[C@@H]1O)N1C[C@@H](O)C[C@H]1Cc1c[nH]c2cc(F)ccc12. The van der Waals surface area contributed by atoms with E-state index in [4.69, 9.17) is 18.9 Å². The van der Waals surface area contributed by atoms with Crippen LogP contribution in [0.4, 0.5) is 4.39 Å². The number of unbranched alkanes of at least 4 members (excludes halogenated alkanes) is 2. The molecular formula is C31H45FN2O13. The molecule has 0 spiro atoms. The van der Waals surface area contributed by atoms with Crippen molar-refractivity contribution in [2.24, 2.45) is 0 Å². The number of carbonyl (C=O) groups excluding carboxylic acids is 1. The van der Waals surface area contributed by atoms with Crippen LogP contribution in [0.3, 0.4) is 0 Å². The summed E-state index contributed by atoms with van der Waals surface area (Å²) in [6.45, 7) is -1.01. The molecule has 4 heterocycles. The summed E-state index contributed by atoms with van der Waals surface area (Å²) in [6, 6.07) is 4.33. The van der Waals surface area contributed by atoms with E-state index in [-0.39, 0.29) is 37.3 Å². The van der Waals surface area contributed by atoms with Gasteiger partial charge < -0.3 is 69.7 Å². The molecule has 0 bridgehead atoms. The standard InChI is InChI=1S/C31H45FN2O13/c32-16-5-6-19-15(11-33-20(19)9-16)8-17-10-18(37)12-34(17)23(38)4-2-1-3-7-44-30-28(43)26(41)29(22(14-36)46-30)47-31-27(42)25(40)24(39)21(13-35)45-31/h5-6,9,11,17-18,21-22,24-31,33,35-37,39-43H,1-4,7-8,10,12-14H2/t17-,18+,21?,22?,24+,25?,26?,27+,28+,29-,30-,31+/m1/s1. The van der Waals surface area contributed by atoms with Gasteiger partial charge in [0.2, 0.25) is 5.91 Å². The molecule has 15 nitrogen and oxygen atoms in total. The van der Waals surface area contributed by atoms with Gasteiger partial charge >= 0.3 is 0 Å². The van der Waals surface area contributed by atoms with Gasteiger partial charge in [-0.25, -0.2) is 4.39 Å². The van der Waals surface area contributed by atoms with E-state index < -0.39 is 80.7 Å². The summed E-state index contributed by atoms with van der Waals surface area (Å²) in [7, 11) is 0. The number of benzene rings is 1. The number of H-pyrrole nitrogens is 1. The number of hydrogen-bond acceptors (Lipinski definition) is 13. The molecule has 4 unspecified atom stereocenters. The van der Waals surface area contributed by atoms with Crippen LogP contribution in [0.25, 0.3) is 10.9 Å². The minimum absolute atomic E-state index is 0.0799. The molecule has 9 N–H and O–H groups in total. The Bertz CT molecular complexity index is 1310. The number of ether oxygens (including phenoxy) is 4. The van der Waals surface area contributed by atoms with Crippen LogP contribution in [0, 0.1) is 5.82 Å². The first-order valence-electron chi connectivity index (χ1n) is 16.0. The molecule has 3 aliphatic rings. The summed E-state index contributed by atoms with van der Waals surface area (Å²) in [5.41, 5.74) is 1.62. The summed E-state index contributed by atoms with van der Waals surface area (Å²) in [6.07, 6.45) is -11.2. The van der Waals surface area contributed by atoms with Gasteiger partial charge in [-0.05, 0) is 49.4 Å². The highest BCUT2D eigenvalue weighted by molar-refractivity contribution is 5.83. The summed E-state index contributed by atoms with van der Waals surface area (Å²) in [4.78, 5) is 17.8. The van der Waals surface area contributed by atoms with Crippen LogP contribution in [-0.4, -0.2) is 157 Å². The van der Waals surface area contributed by atoms with Gasteiger partial charge in [-0.1, -0.05) is 6.42 Å². The third-order valence-corrected chi connectivity index (χ3v) is 9.18. The molecule has 5 rings (SSSR count). The van der Waals surface area contributed by atoms with Crippen molar-refractivity contribution in [3.63, 3.8) is 0 Å². The highest BCUT2D eigenvalue weighted by Crippen LogP contribution is 2.30. The van der Waals surface area contributed by atoms with E-state index in [9.17, 15) is 50.0 Å². The van der Waals surface area contributed by atoms with Crippen LogP contribution in [0.5, 0.6) is 0 Å². The molecule has 0 aliphatic carbocycles. The van der Waals surface area contributed by atoms with Crippen molar-refractivity contribution >= 4 is 16.8 Å². The lowest BCUT2D eigenvalue weighted by Gasteiger charge is -2.45. The Kier molecular flexibility index (Phi) is 12.2. The van der Waals surface area contributed by atoms with Crippen molar-refractivity contribution in [2.75, 3.05) is 26.4 Å². The molecule has 3 aliphatic heterocycles. The predicted molar refractivity (Wildman–Crippen MR) is 159 cm³/mol. The Labute approximate surface area is 270 Å². The van der Waals surface area contributed by atoms with Crippen LogP contribution in [0.2, 0.25) is 0 Å². The topological polar surface area (TPSA) is 235 Å². The van der Waals surface area contributed by atoms with E-state index in [1.165, 1.54) is 12.1 Å². The normalized spacial score (nSPS) is 36.3. The highest BCUT2D eigenvalue weighted by atomic mass is 19.1. The fraction of sp³-hybridized carbons (Fsp3) is 0.710. The number of amides is 1. The minimum Gasteiger partial charge on any atom is -0.394 e. The Balaban J connectivity index is 1.05. The number of carbonyl (C=O) groups is 1. The van der Waals surface area contributed by atoms with E-state index in [1.54, 1.807) is 17.2 Å². The fourth-order valence-electron chi connectivity index (χ4n) is 6.56. The van der Waals surface area contributed by atoms with Gasteiger partial charge in [-0.3, -0.25) is 4.79 Å². The molecular weight excluding hydrogens is 627 g/mol. The lowest BCUT2D eigenvalue weighted by molar-refractivity contribution is -0.359. The number of aromatic amines is 1. The fourth-order valence-corrected chi connectivity index (χ4v) is 6.56. The maximum atomic E-state index is 13.6. The van der Waals surface area contributed by atoms with E-state index >= 15 is 0 Å². The van der Waals surface area contributed by atoms with Gasteiger partial charge in [0.05, 0.1) is 19.3 Å². The Morgan fingerprint density at radius 1 is 0.915 bits per heavy atom. The number of halogens is 1. The maximum Gasteiger partial charge on any atom is 0.222 e. The number of nitrogens with zero attached hydrogens (tertiary/aromatic N) is 1. The molecule has 3 saturated heterocycles. The van der Waals surface area contributed by atoms with Crippen molar-refractivity contribution in [2.45, 2.75) is 112 Å². The zero-order valence-electron chi connectivity index (χ0n) is 25.8. The second kappa shape index (κ2) is 15.9. The molecule has 2 aromatic rings. The number of aliphatic hydroxyl groups excluding tert-OH is 8. The molecule has 3 fully saturated rings. The predicted octanol–water partition coefficient (Wildman–Crippen LogP) is -1.99. The first-order chi connectivity index (χ1) is 22.5. The van der Waals surface area contributed by atoms with E-state index in [2.05, 4.69) is 4.98 Å². The number of aromatic nitrogens is 1. The number of β-amino-alcohol motifs (C(OH)–C–C–N with tert-alkyl or cyclic N) is 1. The minimum atomic E-state index is -1.76. The van der Waals surface area contributed by atoms with Gasteiger partial charge in [-0.15, -0.1) is 0 Å². The van der Waals surface area contributed by atoms with Gasteiger partial charge in [-0.2, -0.15) is 0 Å². The summed E-state index contributed by atoms with van der Waals surface area (Å²) in [5, 5.41) is 82.0. The van der Waals surface area contributed by atoms with Gasteiger partial charge in [0.25, 0.3) is 0 Å². The number of aliphatic hydroxyl groups is 8. The van der Waals surface area contributed by atoms with Gasteiger partial charge in [0.15, 0.2) is 12.6 Å². The van der Waals surface area contributed by atoms with Crippen LogP contribution in [-0.2, 0) is 30.2 Å². The number of fused-ring (bicyclic) bond motifs is 1. The maximum absolute atomic E-state index is 13.6. The van der Waals surface area contributed by atoms with Crippen molar-refractivity contribution in [3.05, 3.63) is 35.8 Å². The first kappa shape index (κ1) is 36.0. The lowest BCUT2D eigenvalue weighted by atomic mass is 9.97. The van der Waals surface area contributed by atoms with Crippen LogP contribution < -0.4 is 0 Å². The van der Waals surface area contributed by atoms with Crippen molar-refractivity contribution in [1.82, 2.24) is 9.88 Å². The zero-order chi connectivity index (χ0) is 33.8. The smallest absolute Gasteiger partial charge is 0.222 e. The molecule has 264 valence electrons. The lowest BCUT2D eigenvalue weighted by Crippen LogP contribution is -2.64. The molecule has 12 atom stereocenters. The second-order valence-corrected chi connectivity index (χ2v) is 12.5. The molecule has 0 radical (unpaired) electrons. The Morgan fingerprint density at radius 3 is 2.38 bits per heavy atom. The van der Waals surface area contributed by atoms with Crippen molar-refractivity contribution < 1.29 is 69.0 Å². The second-order valence-electron chi connectivity index (χ2n) is 12.5. The molecule has 1 aromatic carbocycles. The summed E-state index contributed by atoms with van der Waals surface area (Å²) >= 11 is 0. The summed E-state index contributed by atoms with van der Waals surface area (Å²) < 4.78 is 35.6. The van der Waals surface area contributed by atoms with Crippen molar-refractivity contribution in [3.8, 4) is 0 Å². The number of rotatable bonds is 13. The number of nitrogens with one attached hydrogen (secondary N) is 1. The van der Waals surface area contributed by atoms with Crippen LogP contribution in [0.1, 0.15) is 37.7 Å². The zero-order valence-corrected chi connectivity index (χ0v) is 25.8. The van der Waals surface area contributed by atoms with E-state index in [0.29, 0.717) is 37.6 Å². The molecule has 1 aromatic heterocycles. The average molecular weight is 673 g/mol. The third kappa shape index (κ3) is 8.12. The van der Waals surface area contributed by atoms with Gasteiger partial charge in [0.1, 0.15) is 54.6 Å². The first-order valence-corrected chi connectivity index (χ1v) is 16.0. The van der Waals surface area contributed by atoms with Crippen molar-refractivity contribution in [1.29, 1.82) is 0 Å². The largest absolute Gasteiger partial charge is 0.394 e. The van der Waals surface area contributed by atoms with Crippen LogP contribution >= 0.6 is 0 Å². The Hall–Kier alpha value is -2.32. The van der Waals surface area contributed by atoms with E-state index in [0.717, 1.165) is 10.9 Å². The average Bonchev–Trinajstić information content (AvgIpc) is 3.63. The highest BCUT2D eigenvalue weighted by Gasteiger charge is 2.50. The number of likely N-dealkylation sites (tertiary alicyclic amines) is 1. The molecule has 1 amide bonds. The van der Waals surface area contributed by atoms with Gasteiger partial charge in [0, 0.05) is 42.7 Å². The summed E-state index contributed by atoms with van der Waals surface area (Å²) in [5.74, 6) is -0.420. The van der Waals surface area contributed by atoms with E-state index in [1.807, 2.05) is 0 Å². The monoisotopic (exact) mass is 672 g/mol. The Morgan fingerprint density at radius 2 is 1.64 bits per heavy atom. The van der Waals surface area contributed by atoms with Crippen LogP contribution in [0.15, 0.2) is 24.4 Å². The molecule has 16 heteroatoms. The molecule has 47 heavy (non-hydrogen) atoms.